The molecule has 0 aliphatic carbocycles. The van der Waals surface area contributed by atoms with E-state index in [0.717, 1.165) is 38.0 Å². The maximum absolute atomic E-state index is 12.0. The Morgan fingerprint density at radius 2 is 2.15 bits per heavy atom. The molecule has 112 valence electrons. The van der Waals surface area contributed by atoms with Gasteiger partial charge in [0.1, 0.15) is 0 Å². The molecular formula is C14H23N3O3. The molecule has 1 aliphatic rings. The molecule has 1 N–H and O–H groups in total. The van der Waals surface area contributed by atoms with Crippen molar-refractivity contribution in [3.05, 3.63) is 22.6 Å². The Morgan fingerprint density at radius 1 is 1.40 bits per heavy atom. The Hall–Kier alpha value is -1.40. The lowest BCUT2D eigenvalue weighted by Crippen LogP contribution is -2.37. The van der Waals surface area contributed by atoms with Gasteiger partial charge >= 0.3 is 0 Å². The first-order valence-corrected chi connectivity index (χ1v) is 7.20. The van der Waals surface area contributed by atoms with E-state index in [9.17, 15) is 4.79 Å². The SMILES string of the molecule is COC1CCN(c2cnn(CCCCO)c(=O)c2)CC1. The molecule has 6 nitrogen and oxygen atoms in total. The van der Waals surface area contributed by atoms with E-state index in [1.807, 2.05) is 0 Å². The van der Waals surface area contributed by atoms with E-state index in [0.29, 0.717) is 19.1 Å². The predicted octanol–water partition coefficient (Wildman–Crippen LogP) is 0.631. The summed E-state index contributed by atoms with van der Waals surface area (Å²) in [5.41, 5.74) is 0.817. The van der Waals surface area contributed by atoms with E-state index in [4.69, 9.17) is 9.84 Å². The monoisotopic (exact) mass is 281 g/mol. The number of hydrogen-bond donors (Lipinski definition) is 1. The van der Waals surface area contributed by atoms with Gasteiger partial charge in [0.05, 0.1) is 18.0 Å². The molecule has 1 fully saturated rings. The Kier molecular flexibility index (Phi) is 5.55. The van der Waals surface area contributed by atoms with Crippen molar-refractivity contribution in [2.75, 3.05) is 31.7 Å². The molecule has 0 spiro atoms. The maximum Gasteiger partial charge on any atom is 0.268 e. The van der Waals surface area contributed by atoms with Gasteiger partial charge < -0.3 is 14.7 Å². The van der Waals surface area contributed by atoms with Crippen molar-refractivity contribution in [1.82, 2.24) is 9.78 Å². The molecule has 0 saturated carbocycles. The van der Waals surface area contributed by atoms with Crippen molar-refractivity contribution < 1.29 is 9.84 Å². The number of unbranched alkanes of at least 4 members (excludes halogenated alkanes) is 1. The van der Waals surface area contributed by atoms with Gasteiger partial charge in [0.15, 0.2) is 0 Å². The van der Waals surface area contributed by atoms with Crippen LogP contribution in [0.1, 0.15) is 25.7 Å². The summed E-state index contributed by atoms with van der Waals surface area (Å²) in [5, 5.41) is 13.0. The maximum atomic E-state index is 12.0. The van der Waals surface area contributed by atoms with Crippen LogP contribution < -0.4 is 10.5 Å². The van der Waals surface area contributed by atoms with Gasteiger partial charge in [-0.05, 0) is 25.7 Å². The first kappa shape index (κ1) is 15.0. The molecule has 2 heterocycles. The highest BCUT2D eigenvalue weighted by atomic mass is 16.5. The minimum atomic E-state index is -0.0747. The standard InChI is InChI=1S/C14H23N3O3/c1-20-13-4-7-16(8-5-13)12-10-14(19)17(15-11-12)6-2-3-9-18/h10-11,13,18H,2-9H2,1H3. The van der Waals surface area contributed by atoms with Crippen molar-refractivity contribution in [2.24, 2.45) is 0 Å². The lowest BCUT2D eigenvalue weighted by Gasteiger charge is -2.32. The lowest BCUT2D eigenvalue weighted by atomic mass is 10.1. The molecule has 1 aliphatic heterocycles. The highest BCUT2D eigenvalue weighted by molar-refractivity contribution is 5.43. The number of aryl methyl sites for hydroxylation is 1. The van der Waals surface area contributed by atoms with Crippen molar-refractivity contribution >= 4 is 5.69 Å². The van der Waals surface area contributed by atoms with Crippen LogP contribution in [0.3, 0.4) is 0 Å². The van der Waals surface area contributed by atoms with E-state index in [1.54, 1.807) is 19.4 Å². The van der Waals surface area contributed by atoms with E-state index >= 15 is 0 Å². The second-order valence-electron chi connectivity index (χ2n) is 5.13. The van der Waals surface area contributed by atoms with Crippen LogP contribution >= 0.6 is 0 Å². The molecule has 1 saturated heterocycles. The summed E-state index contributed by atoms with van der Waals surface area (Å²) in [7, 11) is 1.75. The predicted molar refractivity (Wildman–Crippen MR) is 77.1 cm³/mol. The van der Waals surface area contributed by atoms with Gasteiger partial charge in [-0.3, -0.25) is 4.79 Å². The molecular weight excluding hydrogens is 258 g/mol. The fourth-order valence-electron chi connectivity index (χ4n) is 2.49. The third-order valence-electron chi connectivity index (χ3n) is 3.77. The van der Waals surface area contributed by atoms with Crippen LogP contribution in [0.25, 0.3) is 0 Å². The van der Waals surface area contributed by atoms with Gasteiger partial charge in [-0.25, -0.2) is 4.68 Å². The molecule has 0 bridgehead atoms. The van der Waals surface area contributed by atoms with E-state index < -0.39 is 0 Å². The molecule has 0 atom stereocenters. The van der Waals surface area contributed by atoms with Gasteiger partial charge in [0.25, 0.3) is 5.56 Å². The van der Waals surface area contributed by atoms with Gasteiger partial charge in [0.2, 0.25) is 0 Å². The molecule has 1 aromatic heterocycles. The van der Waals surface area contributed by atoms with Gasteiger partial charge in [-0.1, -0.05) is 0 Å². The van der Waals surface area contributed by atoms with Crippen molar-refractivity contribution in [3.8, 4) is 0 Å². The van der Waals surface area contributed by atoms with Crippen LogP contribution in [0.2, 0.25) is 0 Å². The Labute approximate surface area is 119 Å². The van der Waals surface area contributed by atoms with Crippen LogP contribution in [0.15, 0.2) is 17.1 Å². The zero-order valence-electron chi connectivity index (χ0n) is 12.0. The zero-order chi connectivity index (χ0) is 14.4. The van der Waals surface area contributed by atoms with Crippen LogP contribution in [0.5, 0.6) is 0 Å². The summed E-state index contributed by atoms with van der Waals surface area (Å²) in [6.45, 7) is 2.51. The molecule has 1 aromatic rings. The molecule has 0 aromatic carbocycles. The fraction of sp³-hybridized carbons (Fsp3) is 0.714. The molecule has 20 heavy (non-hydrogen) atoms. The topological polar surface area (TPSA) is 67.6 Å². The number of methoxy groups -OCH3 is 1. The van der Waals surface area contributed by atoms with Crippen LogP contribution in [0.4, 0.5) is 5.69 Å². The van der Waals surface area contributed by atoms with E-state index in [-0.39, 0.29) is 12.2 Å². The molecule has 2 rings (SSSR count). The quantitative estimate of drug-likeness (QED) is 0.775. The fourth-order valence-corrected chi connectivity index (χ4v) is 2.49. The number of anilines is 1. The zero-order valence-corrected chi connectivity index (χ0v) is 12.0. The van der Waals surface area contributed by atoms with Gasteiger partial charge in [0, 0.05) is 39.4 Å². The van der Waals surface area contributed by atoms with E-state index in [1.165, 1.54) is 4.68 Å². The largest absolute Gasteiger partial charge is 0.396 e. The number of piperidine rings is 1. The van der Waals surface area contributed by atoms with Gasteiger partial charge in [-0.15, -0.1) is 0 Å². The third-order valence-corrected chi connectivity index (χ3v) is 3.77. The second-order valence-corrected chi connectivity index (χ2v) is 5.13. The number of aromatic nitrogens is 2. The average Bonchev–Trinajstić information content (AvgIpc) is 2.49. The molecule has 0 radical (unpaired) electrons. The molecule has 6 heteroatoms. The number of aliphatic hydroxyl groups is 1. The minimum absolute atomic E-state index is 0.0747. The summed E-state index contributed by atoms with van der Waals surface area (Å²) in [6.07, 6.45) is 5.51. The van der Waals surface area contributed by atoms with Crippen LogP contribution in [-0.2, 0) is 11.3 Å². The highest BCUT2D eigenvalue weighted by Gasteiger charge is 2.19. The Balaban J connectivity index is 1.97. The van der Waals surface area contributed by atoms with E-state index in [2.05, 4.69) is 10.00 Å². The number of rotatable bonds is 6. The summed E-state index contributed by atoms with van der Waals surface area (Å²) in [4.78, 5) is 14.2. The first-order valence-electron chi connectivity index (χ1n) is 7.20. The van der Waals surface area contributed by atoms with Crippen LogP contribution in [-0.4, -0.2) is 47.8 Å². The summed E-state index contributed by atoms with van der Waals surface area (Å²) in [5.74, 6) is 0. The number of aliphatic hydroxyl groups excluding tert-OH is 1. The normalized spacial score (nSPS) is 16.6. The first-order chi connectivity index (χ1) is 9.74. The van der Waals surface area contributed by atoms with Crippen LogP contribution in [0, 0.1) is 0 Å². The number of hydrogen-bond acceptors (Lipinski definition) is 5. The average molecular weight is 281 g/mol. The lowest BCUT2D eigenvalue weighted by molar-refractivity contribution is 0.0819. The number of ether oxygens (including phenoxy) is 1. The Bertz CT molecular complexity index is 467. The molecule has 0 unspecified atom stereocenters. The smallest absolute Gasteiger partial charge is 0.268 e. The second kappa shape index (κ2) is 7.40. The van der Waals surface area contributed by atoms with Crippen molar-refractivity contribution in [2.45, 2.75) is 38.3 Å². The summed E-state index contributed by atoms with van der Waals surface area (Å²) in [6, 6.07) is 1.65. The Morgan fingerprint density at radius 3 is 2.75 bits per heavy atom. The number of nitrogens with zero attached hydrogens (tertiary/aromatic N) is 3. The van der Waals surface area contributed by atoms with Crippen molar-refractivity contribution in [3.63, 3.8) is 0 Å². The third kappa shape index (κ3) is 3.80. The summed E-state index contributed by atoms with van der Waals surface area (Å²) < 4.78 is 6.80. The summed E-state index contributed by atoms with van der Waals surface area (Å²) >= 11 is 0. The minimum Gasteiger partial charge on any atom is -0.396 e. The highest BCUT2D eigenvalue weighted by Crippen LogP contribution is 2.18. The van der Waals surface area contributed by atoms with Crippen molar-refractivity contribution in [1.29, 1.82) is 0 Å². The molecule has 0 amide bonds. The van der Waals surface area contributed by atoms with Gasteiger partial charge in [-0.2, -0.15) is 5.10 Å².